The molecule has 142 valence electrons. The molecule has 1 aromatic heterocycles. The fourth-order valence-corrected chi connectivity index (χ4v) is 2.92. The molecule has 0 bridgehead atoms. The van der Waals surface area contributed by atoms with Gasteiger partial charge in [-0.1, -0.05) is 44.2 Å². The number of nitrogens with one attached hydrogen (secondary N) is 1. The normalized spacial score (nSPS) is 13.0. The van der Waals surface area contributed by atoms with Gasteiger partial charge >= 0.3 is 0 Å². The van der Waals surface area contributed by atoms with Crippen LogP contribution < -0.4 is 16.6 Å². The van der Waals surface area contributed by atoms with Crippen LogP contribution in [0.2, 0.25) is 0 Å². The Kier molecular flexibility index (Phi) is 7.99. The quantitative estimate of drug-likeness (QED) is 0.772. The van der Waals surface area contributed by atoms with E-state index >= 15 is 0 Å². The van der Waals surface area contributed by atoms with Crippen molar-refractivity contribution in [2.45, 2.75) is 39.3 Å². The predicted molar refractivity (Wildman–Crippen MR) is 106 cm³/mol. The number of carbonyl (C=O) groups excluding carboxylic acids is 1. The van der Waals surface area contributed by atoms with Crippen LogP contribution in [-0.4, -0.2) is 27.8 Å². The second kappa shape index (κ2) is 9.50. The molecular weight excluding hydrogens is 352 g/mol. The first-order chi connectivity index (χ1) is 11.8. The Hall–Kier alpha value is -2.18. The van der Waals surface area contributed by atoms with Gasteiger partial charge in [-0.3, -0.25) is 9.59 Å². The molecule has 1 unspecified atom stereocenters. The fraction of sp³-hybridized carbons (Fsp3) is 0.421. The maximum atomic E-state index is 12.4. The van der Waals surface area contributed by atoms with Crippen LogP contribution in [0.5, 0.6) is 0 Å². The molecule has 0 saturated carbocycles. The Morgan fingerprint density at radius 3 is 2.46 bits per heavy atom. The second-order valence-corrected chi connectivity index (χ2v) is 6.99. The summed E-state index contributed by atoms with van der Waals surface area (Å²) in [6.45, 7) is 6.28. The number of aromatic nitrogens is 2. The van der Waals surface area contributed by atoms with Crippen molar-refractivity contribution in [2.24, 2.45) is 11.7 Å². The van der Waals surface area contributed by atoms with Gasteiger partial charge in [-0.25, -0.2) is 4.68 Å². The molecular formula is C19H27ClN4O2. The zero-order valence-corrected chi connectivity index (χ0v) is 16.3. The molecule has 0 radical (unpaired) electrons. The minimum Gasteiger partial charge on any atom is -0.348 e. The molecule has 0 spiro atoms. The summed E-state index contributed by atoms with van der Waals surface area (Å²) in [6, 6.07) is 12.6. The van der Waals surface area contributed by atoms with E-state index in [1.54, 1.807) is 6.07 Å². The van der Waals surface area contributed by atoms with Gasteiger partial charge in [0, 0.05) is 23.7 Å². The van der Waals surface area contributed by atoms with Gasteiger partial charge < -0.3 is 11.1 Å². The third-order valence-corrected chi connectivity index (χ3v) is 3.98. The molecule has 2 rings (SSSR count). The summed E-state index contributed by atoms with van der Waals surface area (Å²) in [5.74, 6) is 0.129. The molecule has 1 heterocycles. The summed E-state index contributed by atoms with van der Waals surface area (Å²) in [4.78, 5) is 24.4. The Balaban J connectivity index is 0.00000338. The molecule has 7 heteroatoms. The van der Waals surface area contributed by atoms with Crippen LogP contribution in [0.4, 0.5) is 0 Å². The van der Waals surface area contributed by atoms with Crippen molar-refractivity contribution in [1.29, 1.82) is 0 Å². The van der Waals surface area contributed by atoms with E-state index < -0.39 is 5.54 Å². The third kappa shape index (κ3) is 5.97. The van der Waals surface area contributed by atoms with Crippen LogP contribution >= 0.6 is 12.4 Å². The zero-order valence-electron chi connectivity index (χ0n) is 15.4. The van der Waals surface area contributed by atoms with Gasteiger partial charge in [0.1, 0.15) is 6.54 Å². The van der Waals surface area contributed by atoms with Crippen LogP contribution in [0.25, 0.3) is 11.3 Å². The minimum absolute atomic E-state index is 0. The molecule has 1 amide bonds. The number of rotatable bonds is 7. The molecule has 6 nitrogen and oxygen atoms in total. The highest BCUT2D eigenvalue weighted by atomic mass is 35.5. The van der Waals surface area contributed by atoms with Crippen LogP contribution in [0.3, 0.4) is 0 Å². The van der Waals surface area contributed by atoms with Crippen molar-refractivity contribution in [2.75, 3.05) is 6.54 Å². The predicted octanol–water partition coefficient (Wildman–Crippen LogP) is 2.21. The van der Waals surface area contributed by atoms with E-state index in [-0.39, 0.29) is 30.4 Å². The smallest absolute Gasteiger partial charge is 0.267 e. The van der Waals surface area contributed by atoms with Gasteiger partial charge in [-0.05, 0) is 25.3 Å². The molecule has 0 aliphatic rings. The van der Waals surface area contributed by atoms with Gasteiger partial charge in [0.25, 0.3) is 5.56 Å². The Morgan fingerprint density at radius 2 is 1.88 bits per heavy atom. The highest BCUT2D eigenvalue weighted by Crippen LogP contribution is 2.16. The Morgan fingerprint density at radius 1 is 1.23 bits per heavy atom. The second-order valence-electron chi connectivity index (χ2n) is 6.99. The van der Waals surface area contributed by atoms with Gasteiger partial charge in [-0.15, -0.1) is 12.4 Å². The number of hydrogen-bond acceptors (Lipinski definition) is 4. The summed E-state index contributed by atoms with van der Waals surface area (Å²) in [5, 5.41) is 7.26. The lowest BCUT2D eigenvalue weighted by Gasteiger charge is -2.31. The summed E-state index contributed by atoms with van der Waals surface area (Å²) in [7, 11) is 0. The molecule has 0 saturated heterocycles. The number of amides is 1. The minimum atomic E-state index is -0.494. The summed E-state index contributed by atoms with van der Waals surface area (Å²) >= 11 is 0. The largest absolute Gasteiger partial charge is 0.348 e. The molecule has 0 aliphatic heterocycles. The lowest BCUT2D eigenvalue weighted by atomic mass is 9.91. The first-order valence-corrected chi connectivity index (χ1v) is 8.47. The average Bonchev–Trinajstić information content (AvgIpc) is 2.56. The van der Waals surface area contributed by atoms with Crippen LogP contribution in [-0.2, 0) is 11.3 Å². The number of hydrogen-bond donors (Lipinski definition) is 2. The van der Waals surface area contributed by atoms with E-state index in [1.165, 1.54) is 10.7 Å². The molecule has 0 aliphatic carbocycles. The molecule has 2 aromatic rings. The van der Waals surface area contributed by atoms with Gasteiger partial charge in [0.2, 0.25) is 5.91 Å². The van der Waals surface area contributed by atoms with Crippen molar-refractivity contribution in [3.8, 4) is 11.3 Å². The van der Waals surface area contributed by atoms with E-state index in [4.69, 9.17) is 5.73 Å². The first-order valence-electron chi connectivity index (χ1n) is 8.47. The van der Waals surface area contributed by atoms with Crippen molar-refractivity contribution in [1.82, 2.24) is 15.1 Å². The van der Waals surface area contributed by atoms with E-state index in [1.807, 2.05) is 37.3 Å². The Bertz CT molecular complexity index is 777. The number of nitrogens with zero attached hydrogens (tertiary/aromatic N) is 2. The van der Waals surface area contributed by atoms with Crippen molar-refractivity contribution in [3.63, 3.8) is 0 Å². The van der Waals surface area contributed by atoms with Crippen molar-refractivity contribution >= 4 is 18.3 Å². The molecule has 26 heavy (non-hydrogen) atoms. The third-order valence-electron chi connectivity index (χ3n) is 3.98. The summed E-state index contributed by atoms with van der Waals surface area (Å²) in [6.07, 6.45) is 0.765. The highest BCUT2D eigenvalue weighted by molar-refractivity contribution is 5.85. The molecule has 0 fully saturated rings. The van der Waals surface area contributed by atoms with E-state index in [0.29, 0.717) is 18.2 Å². The standard InChI is InChI=1S/C19H26N4O2.ClH/c1-14(2)11-19(3,13-20)21-17(24)12-23-18(25)10-9-16(22-23)15-7-5-4-6-8-15;/h4-10,14H,11-13,20H2,1-3H3,(H,21,24);1H. The summed E-state index contributed by atoms with van der Waals surface area (Å²) in [5.41, 5.74) is 6.56. The van der Waals surface area contributed by atoms with E-state index in [9.17, 15) is 9.59 Å². The van der Waals surface area contributed by atoms with Crippen molar-refractivity contribution < 1.29 is 4.79 Å². The van der Waals surface area contributed by atoms with Crippen molar-refractivity contribution in [3.05, 3.63) is 52.8 Å². The number of halogens is 1. The molecule has 1 atom stereocenters. The van der Waals surface area contributed by atoms with Gasteiger partial charge in [0.15, 0.2) is 0 Å². The van der Waals surface area contributed by atoms with Crippen LogP contribution in [0.1, 0.15) is 27.2 Å². The van der Waals surface area contributed by atoms with E-state index in [2.05, 4.69) is 24.3 Å². The molecule has 1 aromatic carbocycles. The lowest BCUT2D eigenvalue weighted by Crippen LogP contribution is -2.53. The molecule has 3 N–H and O–H groups in total. The SMILES string of the molecule is CC(C)CC(C)(CN)NC(=O)Cn1nc(-c2ccccc2)ccc1=O.Cl. The lowest BCUT2D eigenvalue weighted by molar-refractivity contribution is -0.123. The zero-order chi connectivity index (χ0) is 18.4. The van der Waals surface area contributed by atoms with Gasteiger partial charge in [0.05, 0.1) is 5.69 Å². The topological polar surface area (TPSA) is 90.0 Å². The number of carbonyl (C=O) groups is 1. The van der Waals surface area contributed by atoms with Crippen LogP contribution in [0, 0.1) is 5.92 Å². The number of benzene rings is 1. The van der Waals surface area contributed by atoms with E-state index in [0.717, 1.165) is 12.0 Å². The Labute approximate surface area is 160 Å². The fourth-order valence-electron chi connectivity index (χ4n) is 2.92. The monoisotopic (exact) mass is 378 g/mol. The first kappa shape index (κ1) is 21.9. The maximum absolute atomic E-state index is 12.4. The van der Waals surface area contributed by atoms with Crippen LogP contribution in [0.15, 0.2) is 47.3 Å². The number of nitrogens with two attached hydrogens (primary N) is 1. The highest BCUT2D eigenvalue weighted by Gasteiger charge is 2.26. The van der Waals surface area contributed by atoms with Gasteiger partial charge in [-0.2, -0.15) is 5.10 Å². The average molecular weight is 379 g/mol. The maximum Gasteiger partial charge on any atom is 0.267 e. The summed E-state index contributed by atoms with van der Waals surface area (Å²) < 4.78 is 1.18.